The van der Waals surface area contributed by atoms with Crippen molar-refractivity contribution in [3.8, 4) is 0 Å². The Morgan fingerprint density at radius 2 is 1.80 bits per heavy atom. The molecule has 45 heavy (non-hydrogen) atoms. The number of carbonyl (C=O) groups is 3. The number of pyridine rings is 1. The zero-order valence-electron chi connectivity index (χ0n) is 26.4. The number of aromatic nitrogens is 3. The van der Waals surface area contributed by atoms with Crippen LogP contribution in [0.15, 0.2) is 54.9 Å². The van der Waals surface area contributed by atoms with Gasteiger partial charge in [0.1, 0.15) is 17.6 Å². The minimum Gasteiger partial charge on any atom is -0.353 e. The first kappa shape index (κ1) is 29.6. The first-order chi connectivity index (χ1) is 21.7. The van der Waals surface area contributed by atoms with Crippen LogP contribution in [0.3, 0.4) is 0 Å². The predicted octanol–water partition coefficient (Wildman–Crippen LogP) is 3.55. The van der Waals surface area contributed by atoms with Crippen LogP contribution in [0.4, 0.5) is 5.82 Å². The molecule has 1 aromatic carbocycles. The highest BCUT2D eigenvalue weighted by Gasteiger charge is 2.58. The van der Waals surface area contributed by atoms with Crippen molar-refractivity contribution in [3.05, 3.63) is 77.2 Å². The Balaban J connectivity index is 1.14. The Kier molecular flexibility index (Phi) is 7.50. The minimum absolute atomic E-state index is 0.0341. The highest BCUT2D eigenvalue weighted by atomic mass is 16.2. The molecule has 4 aliphatic rings. The lowest BCUT2D eigenvalue weighted by molar-refractivity contribution is -0.127. The van der Waals surface area contributed by atoms with E-state index in [1.54, 1.807) is 31.6 Å². The predicted molar refractivity (Wildman–Crippen MR) is 171 cm³/mol. The van der Waals surface area contributed by atoms with Gasteiger partial charge in [-0.25, -0.2) is 4.98 Å². The molecule has 3 aliphatic carbocycles. The van der Waals surface area contributed by atoms with Crippen LogP contribution in [0, 0.1) is 11.3 Å². The van der Waals surface area contributed by atoms with Crippen LogP contribution in [0.5, 0.6) is 0 Å². The van der Waals surface area contributed by atoms with Crippen molar-refractivity contribution in [1.29, 1.82) is 0 Å². The molecule has 3 amide bonds. The van der Waals surface area contributed by atoms with Crippen LogP contribution in [0.25, 0.3) is 0 Å². The van der Waals surface area contributed by atoms with E-state index in [2.05, 4.69) is 50.0 Å². The van der Waals surface area contributed by atoms with Gasteiger partial charge in [0.25, 0.3) is 5.91 Å². The third-order valence-corrected chi connectivity index (χ3v) is 11.1. The third kappa shape index (κ3) is 5.32. The molecule has 3 aromatic rings. The number of anilines is 1. The Labute approximate surface area is 264 Å². The number of hydrogen-bond donors (Lipinski definition) is 3. The second-order valence-corrected chi connectivity index (χ2v) is 14.0. The van der Waals surface area contributed by atoms with Gasteiger partial charge in [-0.05, 0) is 99.2 Å². The number of carbonyl (C=O) groups excluding carboxylic acids is 3. The van der Waals surface area contributed by atoms with E-state index in [0.717, 1.165) is 36.9 Å². The lowest BCUT2D eigenvalue weighted by atomic mass is 9.77. The summed E-state index contributed by atoms with van der Waals surface area (Å²) in [5.74, 6) is 0.202. The molecule has 3 heterocycles. The number of likely N-dealkylation sites (tertiary alicyclic amines) is 1. The SMILES string of the molecule is C[C@H](NC(=O)C1(c2ccc(NC(=O)[C@@H](NC(=O)c3ccnn3C)C3c4ccccc4CC34CC4)nc2)CCN(C)C1)C1CCC1. The van der Waals surface area contributed by atoms with Crippen molar-refractivity contribution in [2.45, 2.75) is 75.3 Å². The van der Waals surface area contributed by atoms with Crippen molar-refractivity contribution in [2.75, 3.05) is 25.5 Å². The van der Waals surface area contributed by atoms with Gasteiger partial charge in [-0.15, -0.1) is 0 Å². The summed E-state index contributed by atoms with van der Waals surface area (Å²) in [5.41, 5.74) is 2.89. The molecule has 1 spiro atoms. The summed E-state index contributed by atoms with van der Waals surface area (Å²) >= 11 is 0. The van der Waals surface area contributed by atoms with E-state index in [1.165, 1.54) is 29.5 Å². The first-order valence-corrected chi connectivity index (χ1v) is 16.3. The molecular weight excluding hydrogens is 566 g/mol. The van der Waals surface area contributed by atoms with Gasteiger partial charge in [-0.1, -0.05) is 36.8 Å². The number of likely N-dealkylation sites (N-methyl/N-ethyl adjacent to an activating group) is 1. The van der Waals surface area contributed by atoms with Gasteiger partial charge < -0.3 is 20.9 Å². The maximum Gasteiger partial charge on any atom is 0.270 e. The maximum absolute atomic E-state index is 14.1. The summed E-state index contributed by atoms with van der Waals surface area (Å²) in [5, 5.41) is 13.6. The normalized spacial score (nSPS) is 24.8. The lowest BCUT2D eigenvalue weighted by Gasteiger charge is -2.35. The van der Waals surface area contributed by atoms with Crippen molar-refractivity contribution in [1.82, 2.24) is 30.3 Å². The molecule has 0 radical (unpaired) electrons. The average Bonchev–Trinajstić information content (AvgIpc) is 3.29. The van der Waals surface area contributed by atoms with Crippen LogP contribution in [0.1, 0.15) is 78.5 Å². The third-order valence-electron chi connectivity index (χ3n) is 11.1. The Morgan fingerprint density at radius 3 is 2.42 bits per heavy atom. The van der Waals surface area contributed by atoms with E-state index >= 15 is 0 Å². The second kappa shape index (κ2) is 11.4. The van der Waals surface area contributed by atoms with Gasteiger partial charge in [-0.2, -0.15) is 5.10 Å². The number of benzene rings is 1. The second-order valence-electron chi connectivity index (χ2n) is 14.0. The Hall–Kier alpha value is -4.05. The molecule has 236 valence electrons. The van der Waals surface area contributed by atoms with E-state index in [0.29, 0.717) is 30.4 Å². The summed E-state index contributed by atoms with van der Waals surface area (Å²) in [6.07, 6.45) is 10.5. The number of rotatable bonds is 9. The molecule has 2 saturated carbocycles. The molecule has 3 fully saturated rings. The highest BCUT2D eigenvalue weighted by molar-refractivity contribution is 6.01. The van der Waals surface area contributed by atoms with Gasteiger partial charge in [0, 0.05) is 37.9 Å². The van der Waals surface area contributed by atoms with E-state index in [9.17, 15) is 14.4 Å². The molecule has 2 unspecified atom stereocenters. The molecule has 7 rings (SSSR count). The van der Waals surface area contributed by atoms with Crippen LogP contribution >= 0.6 is 0 Å². The van der Waals surface area contributed by atoms with E-state index in [4.69, 9.17) is 0 Å². The number of aryl methyl sites for hydroxylation is 1. The molecule has 10 nitrogen and oxygen atoms in total. The topological polar surface area (TPSA) is 121 Å². The molecule has 1 aliphatic heterocycles. The monoisotopic (exact) mass is 609 g/mol. The molecule has 3 N–H and O–H groups in total. The number of hydrogen-bond acceptors (Lipinski definition) is 6. The zero-order valence-corrected chi connectivity index (χ0v) is 26.4. The number of nitrogens with zero attached hydrogens (tertiary/aromatic N) is 4. The van der Waals surface area contributed by atoms with Crippen LogP contribution in [-0.4, -0.2) is 69.6 Å². The highest BCUT2D eigenvalue weighted by Crippen LogP contribution is 2.64. The first-order valence-electron chi connectivity index (χ1n) is 16.3. The number of nitrogens with one attached hydrogen (secondary N) is 3. The van der Waals surface area contributed by atoms with Crippen LogP contribution < -0.4 is 16.0 Å². The number of fused-ring (bicyclic) bond motifs is 1. The summed E-state index contributed by atoms with van der Waals surface area (Å²) in [6.45, 7) is 3.56. The lowest BCUT2D eigenvalue weighted by Crippen LogP contribution is -2.51. The van der Waals surface area contributed by atoms with E-state index < -0.39 is 11.5 Å². The van der Waals surface area contributed by atoms with Gasteiger partial charge in [0.05, 0.1) is 5.41 Å². The molecule has 0 bridgehead atoms. The summed E-state index contributed by atoms with van der Waals surface area (Å²) in [4.78, 5) is 48.2. The molecule has 4 atom stereocenters. The Morgan fingerprint density at radius 1 is 1.00 bits per heavy atom. The quantitative estimate of drug-likeness (QED) is 0.341. The summed E-state index contributed by atoms with van der Waals surface area (Å²) < 4.78 is 1.51. The van der Waals surface area contributed by atoms with Crippen LogP contribution in [-0.2, 0) is 28.5 Å². The van der Waals surface area contributed by atoms with Crippen molar-refractivity contribution < 1.29 is 14.4 Å². The standard InChI is InChI=1S/C35H43N7O3/c1-22(23-8-6-9-23)38-33(45)35(16-18-41(2)21-35)25-11-12-28(36-20-25)39-32(44)30(40-31(43)27-13-17-37-42(27)3)29-26-10-5-4-7-24(26)19-34(29)14-15-34/h4-5,7,10-13,17,20,22-23,29-30H,6,8-9,14-16,18-19,21H2,1-3H3,(H,38,45)(H,40,43)(H,36,39,44)/t22-,29?,30-,35?/m0/s1. The Bertz CT molecular complexity index is 1610. The fourth-order valence-corrected chi connectivity index (χ4v) is 8.02. The molecule has 10 heteroatoms. The maximum atomic E-state index is 14.1. The van der Waals surface area contributed by atoms with Crippen molar-refractivity contribution in [3.63, 3.8) is 0 Å². The van der Waals surface area contributed by atoms with E-state index in [-0.39, 0.29) is 35.1 Å². The molecular formula is C35H43N7O3. The van der Waals surface area contributed by atoms with E-state index in [1.807, 2.05) is 25.2 Å². The van der Waals surface area contributed by atoms with Gasteiger partial charge in [0.2, 0.25) is 11.8 Å². The van der Waals surface area contributed by atoms with Gasteiger partial charge in [-0.3, -0.25) is 19.1 Å². The molecule has 1 saturated heterocycles. The minimum atomic E-state index is -0.798. The summed E-state index contributed by atoms with van der Waals surface area (Å²) in [6, 6.07) is 13.0. The van der Waals surface area contributed by atoms with Gasteiger partial charge >= 0.3 is 0 Å². The largest absolute Gasteiger partial charge is 0.353 e. The average molecular weight is 610 g/mol. The summed E-state index contributed by atoms with van der Waals surface area (Å²) in [7, 11) is 3.76. The number of amides is 3. The smallest absolute Gasteiger partial charge is 0.270 e. The van der Waals surface area contributed by atoms with Crippen molar-refractivity contribution in [2.24, 2.45) is 18.4 Å². The van der Waals surface area contributed by atoms with Crippen LogP contribution in [0.2, 0.25) is 0 Å². The molecule has 2 aromatic heterocycles. The zero-order chi connectivity index (χ0) is 31.3. The fourth-order valence-electron chi connectivity index (χ4n) is 8.02. The van der Waals surface area contributed by atoms with Gasteiger partial charge in [0.15, 0.2) is 0 Å². The van der Waals surface area contributed by atoms with Crippen molar-refractivity contribution >= 4 is 23.5 Å². The fraction of sp³-hybridized carbons (Fsp3) is 0.514.